The summed E-state index contributed by atoms with van der Waals surface area (Å²) in [5.74, 6) is -0.207. The predicted octanol–water partition coefficient (Wildman–Crippen LogP) is 3.01. The van der Waals surface area contributed by atoms with E-state index in [1.807, 2.05) is 24.3 Å². The Hall–Kier alpha value is -2.86. The number of nitrogens with one attached hydrogen (secondary N) is 2. The zero-order valence-electron chi connectivity index (χ0n) is 14.3. The van der Waals surface area contributed by atoms with E-state index >= 15 is 0 Å². The summed E-state index contributed by atoms with van der Waals surface area (Å²) in [4.78, 5) is 20.9. The molecule has 0 aliphatic carbocycles. The van der Waals surface area contributed by atoms with E-state index < -0.39 is 0 Å². The Morgan fingerprint density at radius 2 is 1.92 bits per heavy atom. The van der Waals surface area contributed by atoms with Gasteiger partial charge in [-0.25, -0.2) is 9.18 Å². The second-order valence-electron chi connectivity index (χ2n) is 6.90. The highest BCUT2D eigenvalue weighted by molar-refractivity contribution is 5.85. The van der Waals surface area contributed by atoms with Gasteiger partial charge in [0.2, 0.25) is 0 Å². The average molecular weight is 350 g/mol. The summed E-state index contributed by atoms with van der Waals surface area (Å²) < 4.78 is 15.4. The predicted molar refractivity (Wildman–Crippen MR) is 99.8 cm³/mol. The Balaban J connectivity index is 1.39. The van der Waals surface area contributed by atoms with Gasteiger partial charge < -0.3 is 9.97 Å². The molecule has 26 heavy (non-hydrogen) atoms. The van der Waals surface area contributed by atoms with Crippen molar-refractivity contribution < 1.29 is 4.39 Å². The van der Waals surface area contributed by atoms with Gasteiger partial charge >= 0.3 is 5.69 Å². The molecule has 132 valence electrons. The number of halogens is 1. The second-order valence-corrected chi connectivity index (χ2v) is 6.90. The fourth-order valence-corrected chi connectivity index (χ4v) is 4.00. The molecular formula is C20H19FN4O. The number of hydrogen-bond acceptors (Lipinski definition) is 2. The summed E-state index contributed by atoms with van der Waals surface area (Å²) in [7, 11) is 0. The van der Waals surface area contributed by atoms with Crippen LogP contribution in [0, 0.1) is 5.82 Å². The molecule has 0 bridgehead atoms. The summed E-state index contributed by atoms with van der Waals surface area (Å²) in [5, 5.41) is 0.967. The van der Waals surface area contributed by atoms with E-state index in [4.69, 9.17) is 0 Å². The minimum Gasteiger partial charge on any atom is -0.358 e. The standard InChI is InChI=1S/C20H19FN4O/c21-13-5-6-16-14(11-13)15-12-24(8-7-17(15)22-16)9-10-25-19-4-2-1-3-18(19)23-20(25)26/h1-6,11,22H,7-10,12H2,(H,23,26). The lowest BCUT2D eigenvalue weighted by molar-refractivity contribution is 0.244. The SMILES string of the molecule is O=c1[nH]c2ccccc2n1CCN1CCc2[nH]c3ccc(F)cc3c2C1. The lowest BCUT2D eigenvalue weighted by Gasteiger charge is -2.27. The van der Waals surface area contributed by atoms with Crippen molar-refractivity contribution in [1.82, 2.24) is 19.4 Å². The van der Waals surface area contributed by atoms with Crippen LogP contribution < -0.4 is 5.69 Å². The van der Waals surface area contributed by atoms with Crippen molar-refractivity contribution >= 4 is 21.9 Å². The molecule has 1 aliphatic heterocycles. The van der Waals surface area contributed by atoms with Gasteiger partial charge in [-0.05, 0) is 35.9 Å². The number of hydrogen-bond donors (Lipinski definition) is 2. The third-order valence-corrected chi connectivity index (χ3v) is 5.34. The topological polar surface area (TPSA) is 56.8 Å². The van der Waals surface area contributed by atoms with E-state index in [9.17, 15) is 9.18 Å². The fraction of sp³-hybridized carbons (Fsp3) is 0.250. The lowest BCUT2D eigenvalue weighted by atomic mass is 10.0. The summed E-state index contributed by atoms with van der Waals surface area (Å²) in [6.07, 6.45) is 0.911. The van der Waals surface area contributed by atoms with Crippen molar-refractivity contribution in [3.05, 3.63) is 70.0 Å². The van der Waals surface area contributed by atoms with Crippen molar-refractivity contribution in [2.45, 2.75) is 19.5 Å². The van der Waals surface area contributed by atoms with Gasteiger partial charge in [-0.15, -0.1) is 0 Å². The van der Waals surface area contributed by atoms with Gasteiger partial charge in [0.1, 0.15) is 5.82 Å². The molecule has 0 amide bonds. The van der Waals surface area contributed by atoms with Gasteiger partial charge in [0.15, 0.2) is 0 Å². The molecule has 1 aliphatic rings. The molecule has 5 rings (SSSR count). The molecule has 4 aromatic rings. The summed E-state index contributed by atoms with van der Waals surface area (Å²) >= 11 is 0. The first-order chi connectivity index (χ1) is 12.7. The minimum atomic E-state index is -0.207. The normalized spacial score (nSPS) is 15.0. The van der Waals surface area contributed by atoms with Crippen molar-refractivity contribution in [3.8, 4) is 0 Å². The second kappa shape index (κ2) is 5.85. The smallest absolute Gasteiger partial charge is 0.326 e. The van der Waals surface area contributed by atoms with Crippen LogP contribution in [0.5, 0.6) is 0 Å². The molecule has 2 N–H and O–H groups in total. The monoisotopic (exact) mass is 350 g/mol. The van der Waals surface area contributed by atoms with Crippen LogP contribution in [0.1, 0.15) is 11.3 Å². The average Bonchev–Trinajstić information content (AvgIpc) is 3.16. The van der Waals surface area contributed by atoms with Gasteiger partial charge in [-0.3, -0.25) is 9.47 Å². The van der Waals surface area contributed by atoms with Gasteiger partial charge in [0.25, 0.3) is 0 Å². The number of para-hydroxylation sites is 2. The highest BCUT2D eigenvalue weighted by Crippen LogP contribution is 2.28. The molecule has 0 spiro atoms. The Labute approximate surface area is 149 Å². The van der Waals surface area contributed by atoms with Crippen LogP contribution in [0.2, 0.25) is 0 Å². The Kier molecular flexibility index (Phi) is 3.46. The van der Waals surface area contributed by atoms with Gasteiger partial charge in [0.05, 0.1) is 11.0 Å². The minimum absolute atomic E-state index is 0.0712. The molecule has 0 radical (unpaired) electrons. The molecule has 3 heterocycles. The van der Waals surface area contributed by atoms with Crippen molar-refractivity contribution in [2.24, 2.45) is 0 Å². The maximum atomic E-state index is 13.6. The first-order valence-corrected chi connectivity index (χ1v) is 8.88. The largest absolute Gasteiger partial charge is 0.358 e. The molecule has 2 aromatic carbocycles. The van der Waals surface area contributed by atoms with E-state index in [2.05, 4.69) is 14.9 Å². The highest BCUT2D eigenvalue weighted by Gasteiger charge is 2.21. The van der Waals surface area contributed by atoms with Crippen molar-refractivity contribution in [2.75, 3.05) is 13.1 Å². The number of rotatable bonds is 3. The number of fused-ring (bicyclic) bond motifs is 4. The zero-order valence-corrected chi connectivity index (χ0v) is 14.3. The highest BCUT2D eigenvalue weighted by atomic mass is 19.1. The number of benzene rings is 2. The van der Waals surface area contributed by atoms with E-state index in [1.165, 1.54) is 17.3 Å². The first-order valence-electron chi connectivity index (χ1n) is 8.88. The molecule has 0 saturated heterocycles. The third kappa shape index (κ3) is 2.45. The molecule has 0 fully saturated rings. The van der Waals surface area contributed by atoms with E-state index in [-0.39, 0.29) is 11.5 Å². The van der Waals surface area contributed by atoms with E-state index in [0.717, 1.165) is 48.0 Å². The molecule has 0 unspecified atom stereocenters. The van der Waals surface area contributed by atoms with Crippen LogP contribution in [0.4, 0.5) is 4.39 Å². The first kappa shape index (κ1) is 15.4. The van der Waals surface area contributed by atoms with E-state index in [0.29, 0.717) is 6.54 Å². The molecular weight excluding hydrogens is 331 g/mol. The van der Waals surface area contributed by atoms with Gasteiger partial charge in [-0.1, -0.05) is 12.1 Å². The van der Waals surface area contributed by atoms with Gasteiger partial charge in [0, 0.05) is 49.2 Å². The summed E-state index contributed by atoms with van der Waals surface area (Å²) in [6, 6.07) is 12.7. The number of aromatic amines is 2. The molecule has 0 saturated carbocycles. The quantitative estimate of drug-likeness (QED) is 0.597. The fourth-order valence-electron chi connectivity index (χ4n) is 4.00. The maximum absolute atomic E-state index is 13.6. The Bertz CT molecular complexity index is 1170. The van der Waals surface area contributed by atoms with Crippen LogP contribution in [0.25, 0.3) is 21.9 Å². The van der Waals surface area contributed by atoms with Crippen LogP contribution in [-0.4, -0.2) is 32.5 Å². The molecule has 5 nitrogen and oxygen atoms in total. The molecule has 0 atom stereocenters. The van der Waals surface area contributed by atoms with Crippen molar-refractivity contribution in [1.29, 1.82) is 0 Å². The Morgan fingerprint density at radius 3 is 2.85 bits per heavy atom. The Morgan fingerprint density at radius 1 is 1.04 bits per heavy atom. The summed E-state index contributed by atoms with van der Waals surface area (Å²) in [6.45, 7) is 3.12. The van der Waals surface area contributed by atoms with E-state index in [1.54, 1.807) is 16.7 Å². The molecule has 6 heteroatoms. The molecule has 2 aromatic heterocycles. The van der Waals surface area contributed by atoms with Crippen LogP contribution >= 0.6 is 0 Å². The number of imidazole rings is 1. The van der Waals surface area contributed by atoms with Crippen LogP contribution in [0.3, 0.4) is 0 Å². The van der Waals surface area contributed by atoms with Crippen LogP contribution in [-0.2, 0) is 19.5 Å². The van der Waals surface area contributed by atoms with Crippen LogP contribution in [0.15, 0.2) is 47.3 Å². The van der Waals surface area contributed by atoms with Gasteiger partial charge in [-0.2, -0.15) is 0 Å². The third-order valence-electron chi connectivity index (χ3n) is 5.34. The zero-order chi connectivity index (χ0) is 17.7. The number of H-pyrrole nitrogens is 2. The lowest BCUT2D eigenvalue weighted by Crippen LogP contribution is -2.34. The summed E-state index contributed by atoms with van der Waals surface area (Å²) in [5.41, 5.74) is 5.10. The number of nitrogens with zero attached hydrogens (tertiary/aromatic N) is 2. The number of aromatic nitrogens is 3. The maximum Gasteiger partial charge on any atom is 0.326 e. The van der Waals surface area contributed by atoms with Crippen molar-refractivity contribution in [3.63, 3.8) is 0 Å².